The molecule has 1 aromatic rings. The molecular weight excluding hydrogens is 287 g/mol. The highest BCUT2D eigenvalue weighted by atomic mass is 19.4. The van der Waals surface area contributed by atoms with Gasteiger partial charge in [-0.05, 0) is 18.6 Å². The van der Waals surface area contributed by atoms with E-state index in [1.165, 1.54) is 24.3 Å². The van der Waals surface area contributed by atoms with Crippen LogP contribution in [-0.2, 0) is 9.59 Å². The van der Waals surface area contributed by atoms with Crippen molar-refractivity contribution in [1.29, 1.82) is 0 Å². The molecular formula is C14H12F3NO3. The van der Waals surface area contributed by atoms with Gasteiger partial charge in [0.2, 0.25) is 6.41 Å². The van der Waals surface area contributed by atoms with E-state index in [1.54, 1.807) is 6.07 Å². The highest BCUT2D eigenvalue weighted by Gasteiger charge is 2.36. The fraction of sp³-hybridized carbons (Fsp3) is 0.143. The zero-order valence-electron chi connectivity index (χ0n) is 10.9. The first kappa shape index (κ1) is 16.5. The summed E-state index contributed by atoms with van der Waals surface area (Å²) < 4.78 is 39.5. The first-order valence-corrected chi connectivity index (χ1v) is 5.76. The lowest BCUT2D eigenvalue weighted by atomic mass is 10.0. The van der Waals surface area contributed by atoms with E-state index in [0.717, 1.165) is 6.92 Å². The minimum atomic E-state index is -4.82. The first-order valence-electron chi connectivity index (χ1n) is 5.76. The number of allylic oxidation sites excluding steroid dienone is 2. The van der Waals surface area contributed by atoms with Crippen molar-refractivity contribution in [2.24, 2.45) is 0 Å². The van der Waals surface area contributed by atoms with E-state index in [4.69, 9.17) is 5.11 Å². The third kappa shape index (κ3) is 4.48. The molecule has 1 rings (SSSR count). The van der Waals surface area contributed by atoms with Crippen LogP contribution < -0.4 is 5.32 Å². The Morgan fingerprint density at radius 1 is 1.24 bits per heavy atom. The number of nitrogens with one attached hydrogen (secondary N) is 1. The molecule has 0 saturated carbocycles. The summed E-state index contributed by atoms with van der Waals surface area (Å²) in [6.07, 6.45) is -4.23. The summed E-state index contributed by atoms with van der Waals surface area (Å²) in [4.78, 5) is 21.3. The Morgan fingerprint density at radius 3 is 2.24 bits per heavy atom. The van der Waals surface area contributed by atoms with Gasteiger partial charge in [-0.2, -0.15) is 13.2 Å². The molecule has 2 N–H and O–H groups in total. The number of amides is 1. The second kappa shape index (κ2) is 6.74. The lowest BCUT2D eigenvalue weighted by Crippen LogP contribution is -2.20. The SMILES string of the molecule is C/C(=C\C(=C(/NC=O)c1ccccc1)C(F)(F)F)C(=O)O. The number of halogens is 3. The van der Waals surface area contributed by atoms with E-state index < -0.39 is 29.0 Å². The summed E-state index contributed by atoms with van der Waals surface area (Å²) in [6, 6.07) is 7.36. The summed E-state index contributed by atoms with van der Waals surface area (Å²) in [6.45, 7) is 1.04. The summed E-state index contributed by atoms with van der Waals surface area (Å²) >= 11 is 0. The molecule has 0 unspecified atom stereocenters. The third-order valence-electron chi connectivity index (χ3n) is 2.54. The fourth-order valence-electron chi connectivity index (χ4n) is 1.55. The maximum absolute atomic E-state index is 13.2. The molecule has 0 saturated heterocycles. The van der Waals surface area contributed by atoms with Crippen LogP contribution in [0.3, 0.4) is 0 Å². The molecule has 0 atom stereocenters. The van der Waals surface area contributed by atoms with E-state index in [9.17, 15) is 22.8 Å². The first-order chi connectivity index (χ1) is 9.77. The van der Waals surface area contributed by atoms with Gasteiger partial charge in [0.1, 0.15) is 0 Å². The van der Waals surface area contributed by atoms with Crippen molar-refractivity contribution in [2.75, 3.05) is 0 Å². The van der Waals surface area contributed by atoms with Gasteiger partial charge in [-0.15, -0.1) is 0 Å². The van der Waals surface area contributed by atoms with Gasteiger partial charge in [-0.1, -0.05) is 30.3 Å². The molecule has 0 aliphatic heterocycles. The Morgan fingerprint density at radius 2 is 1.81 bits per heavy atom. The van der Waals surface area contributed by atoms with E-state index in [2.05, 4.69) is 0 Å². The van der Waals surface area contributed by atoms with Crippen LogP contribution in [0.2, 0.25) is 0 Å². The molecule has 21 heavy (non-hydrogen) atoms. The van der Waals surface area contributed by atoms with Crippen molar-refractivity contribution < 1.29 is 27.9 Å². The molecule has 4 nitrogen and oxygen atoms in total. The van der Waals surface area contributed by atoms with Crippen molar-refractivity contribution >= 4 is 18.1 Å². The molecule has 0 spiro atoms. The van der Waals surface area contributed by atoms with Gasteiger partial charge in [0.15, 0.2) is 0 Å². The number of carboxylic acids is 1. The standard InChI is InChI=1S/C14H12F3NO3/c1-9(13(20)21)7-11(14(15,16)17)12(18-8-19)10-5-3-2-4-6-10/h2-8H,1H3,(H,18,19)(H,20,21)/b9-7+,12-11+. The van der Waals surface area contributed by atoms with Crippen LogP contribution >= 0.6 is 0 Å². The van der Waals surface area contributed by atoms with Gasteiger partial charge in [0, 0.05) is 5.57 Å². The molecule has 7 heteroatoms. The van der Waals surface area contributed by atoms with Crippen molar-refractivity contribution in [3.63, 3.8) is 0 Å². The molecule has 112 valence electrons. The van der Waals surface area contributed by atoms with Crippen molar-refractivity contribution in [1.82, 2.24) is 5.32 Å². The van der Waals surface area contributed by atoms with Crippen molar-refractivity contribution in [3.8, 4) is 0 Å². The lowest BCUT2D eigenvalue weighted by Gasteiger charge is -2.15. The fourth-order valence-corrected chi connectivity index (χ4v) is 1.55. The Balaban J connectivity index is 3.58. The van der Waals surface area contributed by atoms with Crippen LogP contribution in [0.25, 0.3) is 5.70 Å². The Kier molecular flexibility index (Phi) is 5.29. The quantitative estimate of drug-likeness (QED) is 0.499. The topological polar surface area (TPSA) is 66.4 Å². The zero-order chi connectivity index (χ0) is 16.0. The van der Waals surface area contributed by atoms with E-state index in [-0.39, 0.29) is 12.0 Å². The van der Waals surface area contributed by atoms with Gasteiger partial charge in [0.25, 0.3) is 0 Å². The number of carbonyl (C=O) groups is 2. The van der Waals surface area contributed by atoms with E-state index >= 15 is 0 Å². The predicted molar refractivity (Wildman–Crippen MR) is 70.0 cm³/mol. The van der Waals surface area contributed by atoms with Gasteiger partial charge in [0.05, 0.1) is 11.3 Å². The smallest absolute Gasteiger partial charge is 0.418 e. The largest absolute Gasteiger partial charge is 0.478 e. The zero-order valence-corrected chi connectivity index (χ0v) is 10.9. The van der Waals surface area contributed by atoms with E-state index in [0.29, 0.717) is 6.08 Å². The molecule has 1 aromatic carbocycles. The number of hydrogen-bond donors (Lipinski definition) is 2. The predicted octanol–water partition coefficient (Wildman–Crippen LogP) is 2.74. The highest BCUT2D eigenvalue weighted by Crippen LogP contribution is 2.33. The molecule has 1 amide bonds. The van der Waals surface area contributed by atoms with Crippen molar-refractivity contribution in [2.45, 2.75) is 13.1 Å². The number of rotatable bonds is 5. The molecule has 0 heterocycles. The monoisotopic (exact) mass is 299 g/mol. The third-order valence-corrected chi connectivity index (χ3v) is 2.54. The van der Waals surface area contributed by atoms with Crippen LogP contribution in [0.4, 0.5) is 13.2 Å². The minimum Gasteiger partial charge on any atom is -0.478 e. The normalized spacial score (nSPS) is 13.4. The number of aliphatic carboxylic acids is 1. The number of alkyl halides is 3. The average Bonchev–Trinajstić information content (AvgIpc) is 2.42. The number of carbonyl (C=O) groups excluding carboxylic acids is 1. The molecule has 0 aliphatic carbocycles. The molecule has 0 radical (unpaired) electrons. The molecule has 0 bridgehead atoms. The maximum Gasteiger partial charge on any atom is 0.418 e. The van der Waals surface area contributed by atoms with Crippen LogP contribution in [0, 0.1) is 0 Å². The summed E-state index contributed by atoms with van der Waals surface area (Å²) in [5.41, 5.74) is -2.12. The lowest BCUT2D eigenvalue weighted by molar-refractivity contribution is -0.132. The van der Waals surface area contributed by atoms with Crippen molar-refractivity contribution in [3.05, 3.63) is 53.1 Å². The van der Waals surface area contributed by atoms with Gasteiger partial charge < -0.3 is 10.4 Å². The molecule has 0 aliphatic rings. The van der Waals surface area contributed by atoms with E-state index in [1.807, 2.05) is 5.32 Å². The summed E-state index contributed by atoms with van der Waals surface area (Å²) in [7, 11) is 0. The minimum absolute atomic E-state index is 0.109. The summed E-state index contributed by atoms with van der Waals surface area (Å²) in [5, 5.41) is 10.7. The maximum atomic E-state index is 13.2. The van der Waals surface area contributed by atoms with Gasteiger partial charge in [-0.3, -0.25) is 4.79 Å². The number of hydrogen-bond acceptors (Lipinski definition) is 2. The second-order valence-corrected chi connectivity index (χ2v) is 4.05. The van der Waals surface area contributed by atoms with Crippen LogP contribution in [-0.4, -0.2) is 23.7 Å². The Hall–Kier alpha value is -2.57. The Bertz CT molecular complexity index is 589. The summed E-state index contributed by atoms with van der Waals surface area (Å²) in [5.74, 6) is -1.48. The molecule has 0 aromatic heterocycles. The van der Waals surface area contributed by atoms with Gasteiger partial charge >= 0.3 is 12.1 Å². The van der Waals surface area contributed by atoms with Crippen LogP contribution in [0.15, 0.2) is 47.6 Å². The van der Waals surface area contributed by atoms with Crippen LogP contribution in [0.5, 0.6) is 0 Å². The molecule has 0 fully saturated rings. The average molecular weight is 299 g/mol. The second-order valence-electron chi connectivity index (χ2n) is 4.05. The highest BCUT2D eigenvalue weighted by molar-refractivity contribution is 5.88. The Labute approximate surface area is 118 Å². The number of carboxylic acid groups (broad SMARTS) is 1. The van der Waals surface area contributed by atoms with Gasteiger partial charge in [-0.25, -0.2) is 4.79 Å². The number of benzene rings is 1. The van der Waals surface area contributed by atoms with Crippen LogP contribution in [0.1, 0.15) is 12.5 Å².